The topological polar surface area (TPSA) is 45.2 Å². The molecule has 0 atom stereocenters. The van der Waals surface area contributed by atoms with E-state index >= 15 is 0 Å². The van der Waals surface area contributed by atoms with Crippen LogP contribution in [0.4, 0.5) is 10.6 Å². The minimum atomic E-state index is -0.0298. The number of rotatable bonds is 1. The van der Waals surface area contributed by atoms with Crippen molar-refractivity contribution in [1.29, 1.82) is 0 Å². The summed E-state index contributed by atoms with van der Waals surface area (Å²) in [6, 6.07) is 3.81. The Morgan fingerprint density at radius 2 is 2.12 bits per heavy atom. The van der Waals surface area contributed by atoms with Gasteiger partial charge in [-0.1, -0.05) is 12.8 Å². The van der Waals surface area contributed by atoms with E-state index in [4.69, 9.17) is 0 Å². The molecule has 1 saturated carbocycles. The summed E-state index contributed by atoms with van der Waals surface area (Å²) in [5.41, 5.74) is -0.0298. The van der Waals surface area contributed by atoms with Crippen LogP contribution in [0.3, 0.4) is 0 Å². The van der Waals surface area contributed by atoms with Crippen molar-refractivity contribution in [2.45, 2.75) is 31.2 Å². The molecule has 3 rings (SSSR count). The Hall–Kier alpha value is -1.10. The lowest BCUT2D eigenvalue weighted by molar-refractivity contribution is 0.250. The quantitative estimate of drug-likeness (QED) is 0.866. The first kappa shape index (κ1) is 11.0. The van der Waals surface area contributed by atoms with Gasteiger partial charge in [0.15, 0.2) is 0 Å². The van der Waals surface area contributed by atoms with E-state index in [0.29, 0.717) is 0 Å². The van der Waals surface area contributed by atoms with Crippen LogP contribution in [0.25, 0.3) is 0 Å². The second-order valence-corrected chi connectivity index (χ2v) is 5.68. The number of carbonyl (C=O) groups is 1. The second kappa shape index (κ2) is 3.98. The van der Waals surface area contributed by atoms with Crippen molar-refractivity contribution in [3.63, 3.8) is 0 Å². The Morgan fingerprint density at radius 3 is 2.76 bits per heavy atom. The molecule has 1 aromatic heterocycles. The fraction of sp³-hybridized carbons (Fsp3) is 0.500. The maximum atomic E-state index is 12.0. The molecule has 17 heavy (non-hydrogen) atoms. The summed E-state index contributed by atoms with van der Waals surface area (Å²) in [6.45, 7) is 0.754. The molecule has 5 heteroatoms. The third kappa shape index (κ3) is 1.73. The van der Waals surface area contributed by atoms with Gasteiger partial charge < -0.3 is 5.32 Å². The van der Waals surface area contributed by atoms with E-state index in [9.17, 15) is 4.79 Å². The number of hydrogen-bond donors (Lipinski definition) is 1. The summed E-state index contributed by atoms with van der Waals surface area (Å²) >= 11 is 3.36. The summed E-state index contributed by atoms with van der Waals surface area (Å²) < 4.78 is 0.932. The zero-order chi connectivity index (χ0) is 11.9. The largest absolute Gasteiger partial charge is 0.335 e. The summed E-state index contributed by atoms with van der Waals surface area (Å²) in [5.74, 6) is 0.755. The van der Waals surface area contributed by atoms with Crippen LogP contribution in [-0.2, 0) is 0 Å². The molecule has 1 N–H and O–H groups in total. The molecule has 2 aliphatic rings. The Balaban J connectivity index is 1.98. The lowest BCUT2D eigenvalue weighted by atomic mass is 9.97. The van der Waals surface area contributed by atoms with Crippen molar-refractivity contribution >= 4 is 27.8 Å². The second-order valence-electron chi connectivity index (χ2n) is 4.76. The number of hydrogen-bond acceptors (Lipinski definition) is 2. The molecule has 1 saturated heterocycles. The highest BCUT2D eigenvalue weighted by Gasteiger charge is 2.48. The lowest BCUT2D eigenvalue weighted by Crippen LogP contribution is -2.45. The van der Waals surface area contributed by atoms with Gasteiger partial charge in [0.25, 0.3) is 0 Å². The van der Waals surface area contributed by atoms with E-state index in [2.05, 4.69) is 26.2 Å². The van der Waals surface area contributed by atoms with Crippen LogP contribution in [0.15, 0.2) is 22.8 Å². The van der Waals surface area contributed by atoms with Gasteiger partial charge in [-0.3, -0.25) is 4.90 Å². The van der Waals surface area contributed by atoms with Crippen molar-refractivity contribution in [3.8, 4) is 0 Å². The van der Waals surface area contributed by atoms with Gasteiger partial charge >= 0.3 is 6.03 Å². The summed E-state index contributed by atoms with van der Waals surface area (Å²) in [7, 11) is 0. The van der Waals surface area contributed by atoms with Crippen molar-refractivity contribution in [2.75, 3.05) is 11.4 Å². The van der Waals surface area contributed by atoms with Crippen LogP contribution in [0.2, 0.25) is 0 Å². The molecule has 1 aromatic rings. The van der Waals surface area contributed by atoms with Crippen LogP contribution >= 0.6 is 15.9 Å². The van der Waals surface area contributed by atoms with Gasteiger partial charge in [-0.05, 0) is 40.9 Å². The number of anilines is 1. The average Bonchev–Trinajstić information content (AvgIpc) is 2.91. The fourth-order valence-electron chi connectivity index (χ4n) is 2.89. The molecule has 4 nitrogen and oxygen atoms in total. The van der Waals surface area contributed by atoms with Gasteiger partial charge in [-0.15, -0.1) is 0 Å². The molecule has 2 amide bonds. The van der Waals surface area contributed by atoms with Gasteiger partial charge in [-0.2, -0.15) is 0 Å². The van der Waals surface area contributed by atoms with E-state index in [1.54, 1.807) is 6.20 Å². The highest BCUT2D eigenvalue weighted by atomic mass is 79.9. The molecule has 0 radical (unpaired) electrons. The van der Waals surface area contributed by atoms with E-state index in [1.807, 2.05) is 17.0 Å². The lowest BCUT2D eigenvalue weighted by Gasteiger charge is -2.32. The van der Waals surface area contributed by atoms with Crippen molar-refractivity contribution in [3.05, 3.63) is 22.8 Å². The first-order valence-electron chi connectivity index (χ1n) is 5.91. The molecule has 0 unspecified atom stereocenters. The van der Waals surface area contributed by atoms with Crippen molar-refractivity contribution < 1.29 is 4.79 Å². The number of urea groups is 1. The molecule has 0 bridgehead atoms. The van der Waals surface area contributed by atoms with Crippen molar-refractivity contribution in [2.24, 2.45) is 0 Å². The molecule has 1 aliphatic carbocycles. The number of halogens is 1. The van der Waals surface area contributed by atoms with Crippen LogP contribution in [-0.4, -0.2) is 23.1 Å². The molecule has 90 valence electrons. The number of amides is 2. The molecule has 1 aliphatic heterocycles. The van der Waals surface area contributed by atoms with E-state index in [-0.39, 0.29) is 11.6 Å². The molecule has 1 spiro atoms. The Morgan fingerprint density at radius 1 is 1.35 bits per heavy atom. The highest BCUT2D eigenvalue weighted by Crippen LogP contribution is 2.39. The van der Waals surface area contributed by atoms with Crippen LogP contribution in [0, 0.1) is 0 Å². The van der Waals surface area contributed by atoms with Gasteiger partial charge in [-0.25, -0.2) is 9.78 Å². The van der Waals surface area contributed by atoms with Gasteiger partial charge in [0.2, 0.25) is 0 Å². The predicted molar refractivity (Wildman–Crippen MR) is 69.0 cm³/mol. The van der Waals surface area contributed by atoms with Crippen LogP contribution in [0.1, 0.15) is 25.7 Å². The zero-order valence-electron chi connectivity index (χ0n) is 9.45. The Bertz CT molecular complexity index is 440. The average molecular weight is 296 g/mol. The first-order valence-corrected chi connectivity index (χ1v) is 6.70. The number of aromatic nitrogens is 1. The van der Waals surface area contributed by atoms with E-state index in [1.165, 1.54) is 12.8 Å². The monoisotopic (exact) mass is 295 g/mol. The third-order valence-corrected chi connectivity index (χ3v) is 4.19. The van der Waals surface area contributed by atoms with Gasteiger partial charge in [0.05, 0.1) is 5.54 Å². The smallest absolute Gasteiger partial charge is 0.323 e. The molecular weight excluding hydrogens is 282 g/mol. The van der Waals surface area contributed by atoms with Gasteiger partial charge in [0.1, 0.15) is 5.82 Å². The summed E-state index contributed by atoms with van der Waals surface area (Å²) in [6.07, 6.45) is 6.28. The standard InChI is InChI=1S/C12H14BrN3O/c13-9-3-4-10(14-7-9)16-11(17)15-8-12(16)5-1-2-6-12/h3-4,7H,1-2,5-6,8H2,(H,15,17). The summed E-state index contributed by atoms with van der Waals surface area (Å²) in [5, 5.41) is 2.95. The zero-order valence-corrected chi connectivity index (χ0v) is 11.0. The van der Waals surface area contributed by atoms with E-state index < -0.39 is 0 Å². The first-order chi connectivity index (χ1) is 8.21. The number of nitrogens with zero attached hydrogens (tertiary/aromatic N) is 2. The predicted octanol–water partition coefficient (Wildman–Crippen LogP) is 2.69. The van der Waals surface area contributed by atoms with Crippen molar-refractivity contribution in [1.82, 2.24) is 10.3 Å². The normalized spacial score (nSPS) is 22.2. The fourth-order valence-corrected chi connectivity index (χ4v) is 3.13. The highest BCUT2D eigenvalue weighted by molar-refractivity contribution is 9.10. The maximum absolute atomic E-state index is 12.0. The van der Waals surface area contributed by atoms with Gasteiger partial charge in [0, 0.05) is 17.2 Å². The minimum Gasteiger partial charge on any atom is -0.335 e. The Kier molecular flexibility index (Phi) is 2.58. The SMILES string of the molecule is O=C1NCC2(CCCC2)N1c1ccc(Br)cn1. The number of carbonyl (C=O) groups excluding carboxylic acids is 1. The molecule has 0 aromatic carbocycles. The molecular formula is C12H14BrN3O. The Labute approximate surface area is 109 Å². The van der Waals surface area contributed by atoms with Crippen LogP contribution < -0.4 is 10.2 Å². The van der Waals surface area contributed by atoms with E-state index in [0.717, 1.165) is 29.7 Å². The number of pyridine rings is 1. The summed E-state index contributed by atoms with van der Waals surface area (Å²) in [4.78, 5) is 18.2. The third-order valence-electron chi connectivity index (χ3n) is 3.72. The maximum Gasteiger partial charge on any atom is 0.323 e. The number of nitrogens with one attached hydrogen (secondary N) is 1. The molecule has 2 fully saturated rings. The molecule has 2 heterocycles. The minimum absolute atomic E-state index is 0.0123. The van der Waals surface area contributed by atoms with Crippen LogP contribution in [0.5, 0.6) is 0 Å².